The van der Waals surface area contributed by atoms with Gasteiger partial charge in [-0.2, -0.15) is 5.26 Å². The molecule has 6 nitrogen and oxygen atoms in total. The van der Waals surface area contributed by atoms with E-state index < -0.39 is 15.9 Å². The van der Waals surface area contributed by atoms with Crippen molar-refractivity contribution < 1.29 is 13.2 Å². The highest BCUT2D eigenvalue weighted by Crippen LogP contribution is 2.24. The van der Waals surface area contributed by atoms with E-state index in [0.717, 1.165) is 11.1 Å². The van der Waals surface area contributed by atoms with Gasteiger partial charge in [0, 0.05) is 5.69 Å². The maximum atomic E-state index is 12.9. The van der Waals surface area contributed by atoms with Crippen molar-refractivity contribution in [1.82, 2.24) is 0 Å². The molecule has 0 bridgehead atoms. The van der Waals surface area contributed by atoms with Crippen LogP contribution in [0.15, 0.2) is 71.6 Å². The largest absolute Gasteiger partial charge is 0.322 e. The molecule has 2 N–H and O–H groups in total. The van der Waals surface area contributed by atoms with Gasteiger partial charge in [-0.15, -0.1) is 0 Å². The van der Waals surface area contributed by atoms with Crippen molar-refractivity contribution in [3.05, 3.63) is 89.0 Å². The quantitative estimate of drug-likeness (QED) is 0.618. The van der Waals surface area contributed by atoms with Crippen LogP contribution in [0.25, 0.3) is 0 Å². The van der Waals surface area contributed by atoms with Crippen molar-refractivity contribution in [3.8, 4) is 6.07 Å². The fourth-order valence-electron chi connectivity index (χ4n) is 2.96. The Labute approximate surface area is 176 Å². The second-order valence-electron chi connectivity index (χ2n) is 6.91. The number of carbonyl (C=O) groups excluding carboxylic acids is 1. The number of nitrogens with one attached hydrogen (secondary N) is 2. The SMILES string of the molecule is Cc1ccc(C)c(S(=O)(=O)Nc2ccccc2C(=O)Nc2ccc(CC#N)cc2)c1. The van der Waals surface area contributed by atoms with Gasteiger partial charge in [-0.3, -0.25) is 9.52 Å². The lowest BCUT2D eigenvalue weighted by Gasteiger charge is -2.14. The molecule has 3 rings (SSSR count). The zero-order valence-electron chi connectivity index (χ0n) is 16.6. The molecule has 0 aliphatic heterocycles. The number of carbonyl (C=O) groups is 1. The molecule has 0 heterocycles. The summed E-state index contributed by atoms with van der Waals surface area (Å²) in [5.74, 6) is -0.442. The Kier molecular flexibility index (Phi) is 6.19. The Morgan fingerprint density at radius 2 is 1.70 bits per heavy atom. The van der Waals surface area contributed by atoms with Crippen LogP contribution < -0.4 is 10.0 Å². The van der Waals surface area contributed by atoms with Gasteiger partial charge in [0.15, 0.2) is 0 Å². The summed E-state index contributed by atoms with van der Waals surface area (Å²) < 4.78 is 28.4. The molecule has 0 saturated carbocycles. The van der Waals surface area contributed by atoms with E-state index in [-0.39, 0.29) is 22.6 Å². The Morgan fingerprint density at radius 1 is 1.00 bits per heavy atom. The second-order valence-corrected chi connectivity index (χ2v) is 8.56. The number of para-hydroxylation sites is 1. The summed E-state index contributed by atoms with van der Waals surface area (Å²) in [6, 6.07) is 20.6. The van der Waals surface area contributed by atoms with Crippen molar-refractivity contribution >= 4 is 27.3 Å². The molecule has 0 saturated heterocycles. The number of hydrogen-bond acceptors (Lipinski definition) is 4. The molecule has 0 atom stereocenters. The standard InChI is InChI=1S/C23H21N3O3S/c1-16-7-8-17(2)22(15-16)30(28,29)26-21-6-4-3-5-20(21)23(27)25-19-11-9-18(10-12-19)13-14-24/h3-12,15,26H,13H2,1-2H3,(H,25,27). The number of amides is 1. The first-order valence-corrected chi connectivity index (χ1v) is 10.7. The smallest absolute Gasteiger partial charge is 0.262 e. The van der Waals surface area contributed by atoms with E-state index in [1.165, 1.54) is 0 Å². The van der Waals surface area contributed by atoms with Gasteiger partial charge in [0.2, 0.25) is 0 Å². The van der Waals surface area contributed by atoms with E-state index in [2.05, 4.69) is 16.1 Å². The summed E-state index contributed by atoms with van der Waals surface area (Å²) in [5, 5.41) is 11.5. The number of rotatable bonds is 6. The van der Waals surface area contributed by atoms with E-state index in [1.54, 1.807) is 67.6 Å². The number of benzene rings is 3. The Hall–Kier alpha value is -3.63. The minimum absolute atomic E-state index is 0.172. The van der Waals surface area contributed by atoms with Crippen LogP contribution in [0.3, 0.4) is 0 Å². The van der Waals surface area contributed by atoms with Gasteiger partial charge in [0.1, 0.15) is 0 Å². The van der Waals surface area contributed by atoms with E-state index in [0.29, 0.717) is 11.3 Å². The zero-order valence-corrected chi connectivity index (χ0v) is 17.5. The molecule has 0 radical (unpaired) electrons. The molecule has 0 unspecified atom stereocenters. The van der Waals surface area contributed by atoms with E-state index in [1.807, 2.05) is 13.0 Å². The number of anilines is 2. The van der Waals surface area contributed by atoms with Crippen molar-refractivity contribution in [2.45, 2.75) is 25.2 Å². The molecule has 0 aromatic heterocycles. The van der Waals surface area contributed by atoms with Crippen LogP contribution >= 0.6 is 0 Å². The van der Waals surface area contributed by atoms with Crippen LogP contribution in [0, 0.1) is 25.2 Å². The Bertz CT molecular complexity index is 1230. The van der Waals surface area contributed by atoms with E-state index in [9.17, 15) is 13.2 Å². The molecule has 1 amide bonds. The fourth-order valence-corrected chi connectivity index (χ4v) is 4.37. The summed E-state index contributed by atoms with van der Waals surface area (Å²) >= 11 is 0. The van der Waals surface area contributed by atoms with Gasteiger partial charge in [-0.25, -0.2) is 8.42 Å². The average molecular weight is 420 g/mol. The predicted molar refractivity (Wildman–Crippen MR) is 117 cm³/mol. The van der Waals surface area contributed by atoms with E-state index >= 15 is 0 Å². The highest BCUT2D eigenvalue weighted by molar-refractivity contribution is 7.92. The first-order valence-electron chi connectivity index (χ1n) is 9.26. The number of aryl methyl sites for hydroxylation is 2. The van der Waals surface area contributed by atoms with Crippen LogP contribution in [-0.4, -0.2) is 14.3 Å². The van der Waals surface area contributed by atoms with Gasteiger partial charge in [-0.1, -0.05) is 36.4 Å². The van der Waals surface area contributed by atoms with Crippen molar-refractivity contribution in [2.24, 2.45) is 0 Å². The van der Waals surface area contributed by atoms with Crippen molar-refractivity contribution in [3.63, 3.8) is 0 Å². The Balaban J connectivity index is 1.86. The minimum Gasteiger partial charge on any atom is -0.322 e. The minimum atomic E-state index is -3.87. The molecule has 0 fully saturated rings. The first-order chi connectivity index (χ1) is 14.3. The molecule has 7 heteroatoms. The third kappa shape index (κ3) is 4.85. The van der Waals surface area contributed by atoms with Gasteiger partial charge in [0.05, 0.1) is 28.6 Å². The lowest BCUT2D eigenvalue weighted by atomic mass is 10.1. The summed E-state index contributed by atoms with van der Waals surface area (Å²) in [7, 11) is -3.87. The molecule has 0 aliphatic carbocycles. The summed E-state index contributed by atoms with van der Waals surface area (Å²) in [5.41, 5.74) is 3.23. The maximum Gasteiger partial charge on any atom is 0.262 e. The topological polar surface area (TPSA) is 99.1 Å². The normalized spacial score (nSPS) is 10.8. The zero-order chi connectivity index (χ0) is 21.7. The number of nitriles is 1. The first kappa shape index (κ1) is 21.1. The maximum absolute atomic E-state index is 12.9. The Morgan fingerprint density at radius 3 is 2.40 bits per heavy atom. The highest BCUT2D eigenvalue weighted by Gasteiger charge is 2.20. The van der Waals surface area contributed by atoms with Crippen LogP contribution in [0.4, 0.5) is 11.4 Å². The van der Waals surface area contributed by atoms with Crippen LogP contribution in [0.2, 0.25) is 0 Å². The number of hydrogen-bond donors (Lipinski definition) is 2. The van der Waals surface area contributed by atoms with Crippen LogP contribution in [0.5, 0.6) is 0 Å². The molecule has 3 aromatic carbocycles. The fraction of sp³-hybridized carbons (Fsp3) is 0.130. The van der Waals surface area contributed by atoms with E-state index in [4.69, 9.17) is 5.26 Å². The molecule has 30 heavy (non-hydrogen) atoms. The second kappa shape index (κ2) is 8.80. The molecular formula is C23H21N3O3S. The summed E-state index contributed by atoms with van der Waals surface area (Å²) in [6.45, 7) is 3.55. The summed E-state index contributed by atoms with van der Waals surface area (Å²) in [4.78, 5) is 13.0. The molecule has 0 aliphatic rings. The third-order valence-electron chi connectivity index (χ3n) is 4.54. The van der Waals surface area contributed by atoms with Crippen LogP contribution in [0.1, 0.15) is 27.0 Å². The van der Waals surface area contributed by atoms with Crippen molar-refractivity contribution in [2.75, 3.05) is 10.0 Å². The predicted octanol–water partition coefficient (Wildman–Crippen LogP) is 4.42. The van der Waals surface area contributed by atoms with Gasteiger partial charge >= 0.3 is 0 Å². The summed E-state index contributed by atoms with van der Waals surface area (Å²) in [6.07, 6.45) is 0.289. The van der Waals surface area contributed by atoms with Crippen molar-refractivity contribution in [1.29, 1.82) is 5.26 Å². The monoisotopic (exact) mass is 419 g/mol. The highest BCUT2D eigenvalue weighted by atomic mass is 32.2. The molecular weight excluding hydrogens is 398 g/mol. The number of nitrogens with zero attached hydrogens (tertiary/aromatic N) is 1. The van der Waals surface area contributed by atoms with Gasteiger partial charge in [-0.05, 0) is 60.9 Å². The van der Waals surface area contributed by atoms with Gasteiger partial charge < -0.3 is 5.32 Å². The average Bonchev–Trinajstić information content (AvgIpc) is 2.71. The number of sulfonamides is 1. The third-order valence-corrected chi connectivity index (χ3v) is 6.05. The molecule has 0 spiro atoms. The van der Waals surface area contributed by atoms with Crippen LogP contribution in [-0.2, 0) is 16.4 Å². The lowest BCUT2D eigenvalue weighted by molar-refractivity contribution is 0.102. The lowest BCUT2D eigenvalue weighted by Crippen LogP contribution is -2.19. The molecule has 3 aromatic rings. The molecule has 152 valence electrons. The van der Waals surface area contributed by atoms with Gasteiger partial charge in [0.25, 0.3) is 15.9 Å².